The second-order valence-electron chi connectivity index (χ2n) is 6.65. The predicted molar refractivity (Wildman–Crippen MR) is 96.3 cm³/mol. The molecule has 0 spiro atoms. The molecule has 0 aromatic heterocycles. The number of hydrogen-bond donors (Lipinski definition) is 0. The molecule has 2 atom stereocenters. The van der Waals surface area contributed by atoms with Crippen LogP contribution >= 0.6 is 11.6 Å². The number of rotatable bonds is 4. The van der Waals surface area contributed by atoms with Crippen LogP contribution in [0, 0.1) is 11.6 Å². The molecule has 0 bridgehead atoms. The van der Waals surface area contributed by atoms with E-state index in [9.17, 15) is 17.2 Å². The molecule has 1 heterocycles. The van der Waals surface area contributed by atoms with Crippen LogP contribution in [0.5, 0.6) is 5.75 Å². The molecule has 0 N–H and O–H groups in total. The number of sulfone groups is 1. The van der Waals surface area contributed by atoms with E-state index in [2.05, 4.69) is 0 Å². The van der Waals surface area contributed by atoms with Crippen LogP contribution in [0.4, 0.5) is 8.78 Å². The molecule has 0 fully saturated rings. The van der Waals surface area contributed by atoms with Gasteiger partial charge in [-0.25, -0.2) is 17.2 Å². The Balaban J connectivity index is 2.24. The van der Waals surface area contributed by atoms with Gasteiger partial charge in [-0.3, -0.25) is 0 Å². The van der Waals surface area contributed by atoms with Gasteiger partial charge in [-0.2, -0.15) is 0 Å². The van der Waals surface area contributed by atoms with E-state index in [1.807, 2.05) is 6.92 Å². The third kappa shape index (κ3) is 2.99. The van der Waals surface area contributed by atoms with Crippen LogP contribution in [-0.2, 0) is 14.6 Å². The quantitative estimate of drug-likeness (QED) is 0.703. The van der Waals surface area contributed by atoms with Crippen molar-refractivity contribution < 1.29 is 21.9 Å². The van der Waals surface area contributed by atoms with E-state index in [4.69, 9.17) is 16.3 Å². The van der Waals surface area contributed by atoms with Crippen molar-refractivity contribution in [3.8, 4) is 5.75 Å². The van der Waals surface area contributed by atoms with Crippen LogP contribution in [0.1, 0.15) is 38.7 Å². The Bertz CT molecular complexity index is 929. The van der Waals surface area contributed by atoms with Gasteiger partial charge in [0.05, 0.1) is 10.5 Å². The van der Waals surface area contributed by atoms with E-state index in [1.165, 1.54) is 31.2 Å². The number of halogens is 3. The van der Waals surface area contributed by atoms with Crippen molar-refractivity contribution >= 4 is 21.4 Å². The van der Waals surface area contributed by atoms with Gasteiger partial charge in [0.25, 0.3) is 0 Å². The summed E-state index contributed by atoms with van der Waals surface area (Å²) < 4.78 is 59.8. The Morgan fingerprint density at radius 1 is 1.15 bits per heavy atom. The van der Waals surface area contributed by atoms with Crippen LogP contribution in [0.15, 0.2) is 41.3 Å². The molecule has 3 rings (SSSR count). The van der Waals surface area contributed by atoms with Crippen LogP contribution in [0.3, 0.4) is 0 Å². The molecule has 1 aliphatic rings. The lowest BCUT2D eigenvalue weighted by Crippen LogP contribution is -2.43. The fourth-order valence-corrected chi connectivity index (χ4v) is 5.49. The van der Waals surface area contributed by atoms with Crippen LogP contribution in [-0.4, -0.2) is 14.5 Å². The van der Waals surface area contributed by atoms with Gasteiger partial charge in [-0.05, 0) is 49.7 Å². The Labute approximate surface area is 156 Å². The maximum absolute atomic E-state index is 14.6. The lowest BCUT2D eigenvalue weighted by atomic mass is 9.88. The fraction of sp³-hybridized carbons (Fsp3) is 0.368. The molecule has 2 aromatic rings. The zero-order valence-electron chi connectivity index (χ0n) is 14.4. The maximum atomic E-state index is 14.6. The first-order valence-corrected chi connectivity index (χ1v) is 10.2. The second kappa shape index (κ2) is 6.82. The van der Waals surface area contributed by atoms with Crippen LogP contribution in [0.25, 0.3) is 0 Å². The van der Waals surface area contributed by atoms with Crippen molar-refractivity contribution in [3.05, 3.63) is 58.6 Å². The maximum Gasteiger partial charge on any atom is 0.188 e. The summed E-state index contributed by atoms with van der Waals surface area (Å²) in [5.74, 6) is -1.87. The Morgan fingerprint density at radius 3 is 2.38 bits per heavy atom. The van der Waals surface area contributed by atoms with Gasteiger partial charge in [-0.1, -0.05) is 24.9 Å². The van der Waals surface area contributed by atoms with E-state index < -0.39 is 32.3 Å². The highest BCUT2D eigenvalue weighted by atomic mass is 35.5. The van der Waals surface area contributed by atoms with E-state index in [0.29, 0.717) is 11.4 Å². The van der Waals surface area contributed by atoms with Crippen molar-refractivity contribution in [2.45, 2.75) is 48.9 Å². The molecular formula is C19H19ClF2O3S. The van der Waals surface area contributed by atoms with Crippen LogP contribution in [0.2, 0.25) is 5.02 Å². The SMILES string of the molecule is CCC[C@H]1C[C@](C)(S(=O)(=O)c2ccc(Cl)cc2)c2c(F)ccc(F)c2O1. The van der Waals surface area contributed by atoms with Crippen molar-refractivity contribution in [1.82, 2.24) is 0 Å². The highest BCUT2D eigenvalue weighted by molar-refractivity contribution is 7.92. The summed E-state index contributed by atoms with van der Waals surface area (Å²) in [6, 6.07) is 7.58. The smallest absolute Gasteiger partial charge is 0.188 e. The van der Waals surface area contributed by atoms with Gasteiger partial charge in [0, 0.05) is 11.4 Å². The van der Waals surface area contributed by atoms with Gasteiger partial charge in [0.1, 0.15) is 16.7 Å². The molecule has 3 nitrogen and oxygen atoms in total. The molecule has 7 heteroatoms. The van der Waals surface area contributed by atoms with Gasteiger partial charge in [0.2, 0.25) is 0 Å². The summed E-state index contributed by atoms with van der Waals surface area (Å²) in [7, 11) is -4.03. The standard InChI is InChI=1S/C19H19ClF2O3S/c1-3-4-13-11-19(2,17-15(21)9-10-16(22)18(17)25-13)26(23,24)14-7-5-12(20)6-8-14/h5-10,13H,3-4,11H2,1-2H3/t13-,19-/m0/s1. The van der Waals surface area contributed by atoms with Gasteiger partial charge < -0.3 is 4.74 Å². The normalized spacial score (nSPS) is 22.6. The topological polar surface area (TPSA) is 43.4 Å². The zero-order chi connectivity index (χ0) is 19.1. The molecule has 26 heavy (non-hydrogen) atoms. The minimum absolute atomic E-state index is 0.0103. The lowest BCUT2D eigenvalue weighted by Gasteiger charge is -2.39. The largest absolute Gasteiger partial charge is 0.487 e. The molecule has 2 aromatic carbocycles. The second-order valence-corrected chi connectivity index (χ2v) is 9.47. The van der Waals surface area contributed by atoms with Crippen molar-refractivity contribution in [3.63, 3.8) is 0 Å². The molecule has 0 unspecified atom stereocenters. The van der Waals surface area contributed by atoms with E-state index in [1.54, 1.807) is 0 Å². The van der Waals surface area contributed by atoms with E-state index >= 15 is 0 Å². The molecule has 0 saturated carbocycles. The predicted octanol–water partition coefficient (Wildman–Crippen LogP) is 5.26. The Kier molecular flexibility index (Phi) is 5.01. The first-order valence-electron chi connectivity index (χ1n) is 8.36. The van der Waals surface area contributed by atoms with Crippen molar-refractivity contribution in [2.24, 2.45) is 0 Å². The molecule has 0 aliphatic carbocycles. The molecular weight excluding hydrogens is 382 g/mol. The fourth-order valence-electron chi connectivity index (χ4n) is 3.49. The van der Waals surface area contributed by atoms with Gasteiger partial charge in [0.15, 0.2) is 21.4 Å². The molecule has 1 aliphatic heterocycles. The zero-order valence-corrected chi connectivity index (χ0v) is 16.0. The molecule has 0 amide bonds. The van der Waals surface area contributed by atoms with Gasteiger partial charge >= 0.3 is 0 Å². The van der Waals surface area contributed by atoms with E-state index in [-0.39, 0.29) is 22.6 Å². The average molecular weight is 401 g/mol. The highest BCUT2D eigenvalue weighted by Gasteiger charge is 2.51. The monoisotopic (exact) mass is 400 g/mol. The summed E-state index contributed by atoms with van der Waals surface area (Å²) >= 11 is 5.85. The molecule has 0 saturated heterocycles. The third-order valence-electron chi connectivity index (χ3n) is 4.82. The summed E-state index contributed by atoms with van der Waals surface area (Å²) in [5.41, 5.74) is -0.250. The first kappa shape index (κ1) is 19.1. The highest BCUT2D eigenvalue weighted by Crippen LogP contribution is 2.49. The average Bonchev–Trinajstić information content (AvgIpc) is 2.58. The van der Waals surface area contributed by atoms with E-state index in [0.717, 1.165) is 18.6 Å². The summed E-state index contributed by atoms with van der Waals surface area (Å²) in [6.07, 6.45) is 0.796. The molecule has 0 radical (unpaired) electrons. The number of hydrogen-bond acceptors (Lipinski definition) is 3. The molecule has 140 valence electrons. The van der Waals surface area contributed by atoms with Crippen LogP contribution < -0.4 is 4.74 Å². The summed E-state index contributed by atoms with van der Waals surface area (Å²) in [6.45, 7) is 3.36. The summed E-state index contributed by atoms with van der Waals surface area (Å²) in [5, 5.41) is 0.391. The number of fused-ring (bicyclic) bond motifs is 1. The van der Waals surface area contributed by atoms with Crippen molar-refractivity contribution in [2.75, 3.05) is 0 Å². The number of benzene rings is 2. The summed E-state index contributed by atoms with van der Waals surface area (Å²) in [4.78, 5) is 0.0103. The van der Waals surface area contributed by atoms with Gasteiger partial charge in [-0.15, -0.1) is 0 Å². The minimum atomic E-state index is -4.03. The third-order valence-corrected chi connectivity index (χ3v) is 7.52. The Hall–Kier alpha value is -1.66. The first-order chi connectivity index (χ1) is 12.2. The number of ether oxygens (including phenoxy) is 1. The Morgan fingerprint density at radius 2 is 1.77 bits per heavy atom. The minimum Gasteiger partial charge on any atom is -0.487 e. The van der Waals surface area contributed by atoms with Crippen molar-refractivity contribution in [1.29, 1.82) is 0 Å². The lowest BCUT2D eigenvalue weighted by molar-refractivity contribution is 0.131.